The van der Waals surface area contributed by atoms with E-state index in [9.17, 15) is 24.6 Å². The van der Waals surface area contributed by atoms with Crippen molar-refractivity contribution in [2.75, 3.05) is 19.9 Å². The number of aliphatic hydroxyl groups is 2. The van der Waals surface area contributed by atoms with E-state index in [0.717, 1.165) is 27.6 Å². The van der Waals surface area contributed by atoms with Crippen molar-refractivity contribution >= 4 is 34.4 Å². The molecule has 1 aromatic heterocycles. The molecule has 4 aliphatic rings. The smallest absolute Gasteiger partial charge is 0.343 e. The lowest BCUT2D eigenvalue weighted by Gasteiger charge is -2.40. The SMILES string of the molecule is CC[C@@]1(O)C(=O)OCC2=C1C=C1c3nc4cc(F)c(C)c5c4c(c3CN1C2O)[C@@H](NC(=O)COCNC(=O)[C@@H](N)Cc1ccccc1)CC5. The highest BCUT2D eigenvalue weighted by Gasteiger charge is 2.50. The van der Waals surface area contributed by atoms with E-state index in [1.54, 1.807) is 24.8 Å². The van der Waals surface area contributed by atoms with E-state index < -0.39 is 47.5 Å². The monoisotopic (exact) mass is 671 g/mol. The number of hydrogen-bond donors (Lipinski definition) is 5. The average molecular weight is 672 g/mol. The van der Waals surface area contributed by atoms with Crippen LogP contribution in [0.5, 0.6) is 0 Å². The molecule has 4 atom stereocenters. The van der Waals surface area contributed by atoms with Crippen LogP contribution >= 0.6 is 0 Å². The number of pyridine rings is 1. The summed E-state index contributed by atoms with van der Waals surface area (Å²) < 4.78 is 25.9. The van der Waals surface area contributed by atoms with Crippen LogP contribution in [0.25, 0.3) is 16.6 Å². The van der Waals surface area contributed by atoms with Crippen molar-refractivity contribution in [1.82, 2.24) is 20.5 Å². The lowest BCUT2D eigenvalue weighted by atomic mass is 9.81. The number of cyclic esters (lactones) is 1. The number of ether oxygens (including phenoxy) is 2. The van der Waals surface area contributed by atoms with Gasteiger partial charge in [-0.05, 0) is 60.9 Å². The number of hydrogen-bond acceptors (Lipinski definition) is 10. The van der Waals surface area contributed by atoms with Crippen molar-refractivity contribution < 1.29 is 38.5 Å². The molecule has 0 saturated heterocycles. The zero-order chi connectivity index (χ0) is 34.6. The molecule has 256 valence electrons. The Hall–Kier alpha value is -4.69. The standard InChI is InChI=1S/C36H38FN5O7/c1-3-36(47)23-12-28-32-21(14-42(28)34(45)22(23)15-49-35(36)46)31-26(10-9-20-18(2)24(37)13-27(41-32)30(20)31)40-29(43)16-48-17-39-33(44)25(38)11-19-7-5-4-6-8-19/h4-8,12-13,25-26,34,45,47H,3,9-11,14-17,38H2,1-2H3,(H,39,44)(H,40,43)/t25-,26-,34?,36-/m0/s1. The maximum atomic E-state index is 15.2. The molecule has 1 aliphatic carbocycles. The van der Waals surface area contributed by atoms with Gasteiger partial charge in [-0.3, -0.25) is 9.59 Å². The predicted molar refractivity (Wildman–Crippen MR) is 175 cm³/mol. The number of rotatable bonds is 9. The minimum Gasteiger partial charge on any atom is -0.459 e. The van der Waals surface area contributed by atoms with Gasteiger partial charge in [0.15, 0.2) is 11.8 Å². The number of aliphatic hydroxyl groups excluding tert-OH is 1. The first-order valence-corrected chi connectivity index (χ1v) is 16.4. The number of benzene rings is 2. The normalized spacial score (nSPS) is 22.9. The third-order valence-corrected chi connectivity index (χ3v) is 10.1. The fourth-order valence-electron chi connectivity index (χ4n) is 7.44. The summed E-state index contributed by atoms with van der Waals surface area (Å²) in [7, 11) is 0. The van der Waals surface area contributed by atoms with Crippen LogP contribution in [0, 0.1) is 12.7 Å². The van der Waals surface area contributed by atoms with Crippen molar-refractivity contribution in [2.45, 2.75) is 70.0 Å². The summed E-state index contributed by atoms with van der Waals surface area (Å²) in [5.41, 5.74) is 9.92. The van der Waals surface area contributed by atoms with Crippen LogP contribution in [0.1, 0.15) is 59.3 Å². The molecule has 2 amide bonds. The quantitative estimate of drug-likeness (QED) is 0.128. The third kappa shape index (κ3) is 5.56. The highest BCUT2D eigenvalue weighted by molar-refractivity contribution is 5.94. The van der Waals surface area contributed by atoms with Crippen molar-refractivity contribution in [3.05, 3.63) is 92.9 Å². The first-order chi connectivity index (χ1) is 23.5. The highest BCUT2D eigenvalue weighted by Crippen LogP contribution is 2.49. The van der Waals surface area contributed by atoms with Crippen LogP contribution in [0.3, 0.4) is 0 Å². The number of aromatic nitrogens is 1. The number of amides is 2. The lowest BCUT2D eigenvalue weighted by Crippen LogP contribution is -2.50. The van der Waals surface area contributed by atoms with Crippen LogP contribution in [0.15, 0.2) is 53.6 Å². The molecule has 4 heterocycles. The maximum Gasteiger partial charge on any atom is 0.343 e. The molecule has 6 N–H and O–H groups in total. The number of fused-ring (bicyclic) bond motifs is 4. The van der Waals surface area contributed by atoms with Crippen LogP contribution in [-0.4, -0.2) is 75.7 Å². The van der Waals surface area contributed by atoms with Crippen LogP contribution in [0.2, 0.25) is 0 Å². The Balaban J connectivity index is 1.13. The summed E-state index contributed by atoms with van der Waals surface area (Å²) in [6.45, 7) is 2.92. The zero-order valence-corrected chi connectivity index (χ0v) is 27.2. The number of halogens is 1. The van der Waals surface area contributed by atoms with Crippen molar-refractivity contribution in [3.8, 4) is 0 Å². The second-order valence-electron chi connectivity index (χ2n) is 13.0. The highest BCUT2D eigenvalue weighted by atomic mass is 19.1. The summed E-state index contributed by atoms with van der Waals surface area (Å²) in [4.78, 5) is 44.9. The van der Waals surface area contributed by atoms with E-state index in [4.69, 9.17) is 20.2 Å². The summed E-state index contributed by atoms with van der Waals surface area (Å²) >= 11 is 0. The fourth-order valence-corrected chi connectivity index (χ4v) is 7.44. The van der Waals surface area contributed by atoms with Gasteiger partial charge in [-0.25, -0.2) is 14.2 Å². The molecule has 7 rings (SSSR count). The third-order valence-electron chi connectivity index (χ3n) is 10.1. The Kier molecular flexibility index (Phi) is 8.47. The Morgan fingerprint density at radius 3 is 2.80 bits per heavy atom. The zero-order valence-electron chi connectivity index (χ0n) is 27.2. The van der Waals surface area contributed by atoms with E-state index in [1.165, 1.54) is 6.07 Å². The molecule has 0 spiro atoms. The van der Waals surface area contributed by atoms with Gasteiger partial charge < -0.3 is 41.0 Å². The number of carbonyl (C=O) groups excluding carboxylic acids is 3. The van der Waals surface area contributed by atoms with Gasteiger partial charge in [0.2, 0.25) is 11.8 Å². The number of nitrogens with one attached hydrogen (secondary N) is 2. The van der Waals surface area contributed by atoms with E-state index in [0.29, 0.717) is 47.3 Å². The van der Waals surface area contributed by atoms with Crippen LogP contribution in [0.4, 0.5) is 4.39 Å². The summed E-state index contributed by atoms with van der Waals surface area (Å²) in [6.07, 6.45) is 1.85. The van der Waals surface area contributed by atoms with Gasteiger partial charge in [-0.15, -0.1) is 0 Å². The lowest BCUT2D eigenvalue weighted by molar-refractivity contribution is -0.164. The predicted octanol–water partition coefficient (Wildman–Crippen LogP) is 1.93. The molecule has 3 aromatic rings. The van der Waals surface area contributed by atoms with Gasteiger partial charge in [-0.2, -0.15) is 0 Å². The van der Waals surface area contributed by atoms with Crippen LogP contribution < -0.4 is 16.4 Å². The van der Waals surface area contributed by atoms with Crippen molar-refractivity contribution in [3.63, 3.8) is 0 Å². The summed E-state index contributed by atoms with van der Waals surface area (Å²) in [5.74, 6) is -1.99. The Labute approximate surface area is 281 Å². The molecule has 0 radical (unpaired) electrons. The molecule has 3 aliphatic heterocycles. The van der Waals surface area contributed by atoms with E-state index >= 15 is 4.39 Å². The van der Waals surface area contributed by atoms with E-state index in [-0.39, 0.29) is 38.5 Å². The molecule has 49 heavy (non-hydrogen) atoms. The molecule has 12 nitrogen and oxygen atoms in total. The molecule has 0 saturated carbocycles. The fraction of sp³-hybridized carbons (Fsp3) is 0.389. The first-order valence-electron chi connectivity index (χ1n) is 16.4. The maximum absolute atomic E-state index is 15.2. The van der Waals surface area contributed by atoms with Crippen molar-refractivity contribution in [2.24, 2.45) is 5.73 Å². The first kappa shape index (κ1) is 32.8. The van der Waals surface area contributed by atoms with Gasteiger partial charge in [0.1, 0.15) is 25.8 Å². The minimum atomic E-state index is -1.93. The number of aryl methyl sites for hydroxylation is 1. The second kappa shape index (κ2) is 12.6. The number of nitrogens with two attached hydrogens (primary N) is 1. The molecule has 2 aromatic carbocycles. The summed E-state index contributed by atoms with van der Waals surface area (Å²) in [6, 6.07) is 9.52. The Bertz CT molecular complexity index is 1950. The number of carbonyl (C=O) groups is 3. The summed E-state index contributed by atoms with van der Waals surface area (Å²) in [5, 5.41) is 29.2. The van der Waals surface area contributed by atoms with Crippen molar-refractivity contribution in [1.29, 1.82) is 0 Å². The Morgan fingerprint density at radius 2 is 2.04 bits per heavy atom. The number of esters is 1. The van der Waals surface area contributed by atoms with Gasteiger partial charge in [0, 0.05) is 34.7 Å². The second-order valence-corrected chi connectivity index (χ2v) is 13.0. The molecular formula is C36H38FN5O7. The molecule has 1 unspecified atom stereocenters. The molecule has 0 fully saturated rings. The molecule has 0 bridgehead atoms. The van der Waals surface area contributed by atoms with Gasteiger partial charge in [0.25, 0.3) is 0 Å². The van der Waals surface area contributed by atoms with Crippen LogP contribution in [-0.2, 0) is 43.2 Å². The largest absolute Gasteiger partial charge is 0.459 e. The van der Waals surface area contributed by atoms with Gasteiger partial charge in [0.05, 0.1) is 29.0 Å². The molecular weight excluding hydrogens is 633 g/mol. The van der Waals surface area contributed by atoms with Gasteiger partial charge in [-0.1, -0.05) is 37.3 Å². The minimum absolute atomic E-state index is 0.0403. The Morgan fingerprint density at radius 1 is 1.27 bits per heavy atom. The average Bonchev–Trinajstić information content (AvgIpc) is 3.46. The molecule has 13 heteroatoms. The van der Waals surface area contributed by atoms with E-state index in [1.807, 2.05) is 30.3 Å². The van der Waals surface area contributed by atoms with Gasteiger partial charge >= 0.3 is 5.97 Å². The number of nitrogens with zero attached hydrogens (tertiary/aromatic N) is 2. The van der Waals surface area contributed by atoms with E-state index in [2.05, 4.69) is 10.6 Å². The topological polar surface area (TPSA) is 176 Å².